The van der Waals surface area contributed by atoms with Crippen molar-refractivity contribution in [3.8, 4) is 24.2 Å². The van der Waals surface area contributed by atoms with Crippen molar-refractivity contribution in [1.29, 1.82) is 0 Å². The Morgan fingerprint density at radius 3 is 0.917 bits per heavy atom. The quantitative estimate of drug-likeness (QED) is 0.119. The number of terminal acetylenes is 1. The van der Waals surface area contributed by atoms with Crippen LogP contribution in [0.2, 0.25) is 10.0 Å². The summed E-state index contributed by atoms with van der Waals surface area (Å²) >= 11 is 18.5. The number of fused-ring (bicyclic) bond motifs is 6. The molecule has 0 atom stereocenters. The zero-order chi connectivity index (χ0) is 70.0. The highest BCUT2D eigenvalue weighted by Gasteiger charge is 2.09. The van der Waals surface area contributed by atoms with Gasteiger partial charge in [0.2, 0.25) is 0 Å². The molecule has 0 aliphatic carbocycles. The second kappa shape index (κ2) is 37.1. The predicted octanol–water partition coefficient (Wildman–Crippen LogP) is 18.4. The van der Waals surface area contributed by atoms with Gasteiger partial charge in [-0.05, 0) is 247 Å². The third kappa shape index (κ3) is 20.4. The van der Waals surface area contributed by atoms with Crippen LogP contribution in [-0.4, -0.2) is 27.4 Å². The third-order valence-electron chi connectivity index (χ3n) is 15.4. The average molecular weight is 1460 g/mol. The molecule has 96 heavy (non-hydrogen) atoms. The average Bonchev–Trinajstić information content (AvgIpc) is 0.861. The highest BCUT2D eigenvalue weighted by atomic mass is 79.9. The molecule has 0 spiro atoms. The lowest BCUT2D eigenvalue weighted by molar-refractivity contribution is 0.830. The number of hydrogen-bond donors (Lipinski definition) is 0. The highest BCUT2D eigenvalue weighted by Crippen LogP contribution is 2.22. The lowest BCUT2D eigenvalue weighted by atomic mass is 10.1. The van der Waals surface area contributed by atoms with Gasteiger partial charge in [0.05, 0.1) is 0 Å². The maximum Gasteiger partial charge on any atom is 0.258 e. The van der Waals surface area contributed by atoms with E-state index < -0.39 is 0 Å². The summed E-state index contributed by atoms with van der Waals surface area (Å²) in [6, 6.07) is 45.6. The molecular formula is C80H86Br2Cl2N6O6. The van der Waals surface area contributed by atoms with Gasteiger partial charge < -0.3 is 27.4 Å². The second-order valence-electron chi connectivity index (χ2n) is 22.0. The van der Waals surface area contributed by atoms with Crippen LogP contribution in [0.5, 0.6) is 0 Å². The van der Waals surface area contributed by atoms with E-state index in [0.29, 0.717) is 20.8 Å². The molecule has 6 aromatic carbocycles. The molecule has 0 unspecified atom stereocenters. The lowest BCUT2D eigenvalue weighted by Gasteiger charge is -2.06. The van der Waals surface area contributed by atoms with Gasteiger partial charge in [0.15, 0.2) is 0 Å². The first-order valence-electron chi connectivity index (χ1n) is 29.7. The molecule has 0 aliphatic heterocycles. The van der Waals surface area contributed by atoms with Crippen molar-refractivity contribution in [2.45, 2.75) is 84.1 Å². The van der Waals surface area contributed by atoms with Crippen LogP contribution in [0.1, 0.15) is 87.8 Å². The Balaban J connectivity index is 0.000000294. The molecule has 0 fully saturated rings. The minimum absolute atomic E-state index is 0. The van der Waals surface area contributed by atoms with Gasteiger partial charge in [-0.3, -0.25) is 28.8 Å². The molecule has 0 saturated heterocycles. The number of aryl methyl sites for hydroxylation is 6. The smallest absolute Gasteiger partial charge is 0.258 e. The summed E-state index contributed by atoms with van der Waals surface area (Å²) in [5, 5.41) is 11.5. The first kappa shape index (κ1) is 81.0. The third-order valence-corrected chi connectivity index (χ3v) is 16.8. The molecule has 0 amide bonds. The summed E-state index contributed by atoms with van der Waals surface area (Å²) in [7, 11) is 10.7. The van der Waals surface area contributed by atoms with Gasteiger partial charge in [0.1, 0.15) is 0 Å². The zero-order valence-corrected chi connectivity index (χ0v) is 60.7. The van der Waals surface area contributed by atoms with E-state index in [9.17, 15) is 28.8 Å². The number of allylic oxidation sites excluding steroid dienone is 2. The summed E-state index contributed by atoms with van der Waals surface area (Å²) in [4.78, 5) is 71.1. The van der Waals surface area contributed by atoms with Gasteiger partial charge in [-0.1, -0.05) is 100 Å². The number of aromatic nitrogens is 6. The van der Waals surface area contributed by atoms with Gasteiger partial charge in [-0.15, -0.1) is 24.8 Å². The predicted molar refractivity (Wildman–Crippen MR) is 420 cm³/mol. The first-order chi connectivity index (χ1) is 44.5. The van der Waals surface area contributed by atoms with Crippen LogP contribution < -0.4 is 33.4 Å². The summed E-state index contributed by atoms with van der Waals surface area (Å²) in [5.41, 5.74) is 8.12. The molecule has 12 aromatic rings. The Morgan fingerprint density at radius 2 is 0.635 bits per heavy atom. The van der Waals surface area contributed by atoms with Crippen LogP contribution in [0.25, 0.3) is 70.7 Å². The van der Waals surface area contributed by atoms with E-state index in [2.05, 4.69) is 62.6 Å². The summed E-state index contributed by atoms with van der Waals surface area (Å²) < 4.78 is 11.9. The van der Waals surface area contributed by atoms with Crippen LogP contribution in [0.15, 0.2) is 202 Å². The van der Waals surface area contributed by atoms with Crippen molar-refractivity contribution in [3.63, 3.8) is 0 Å². The molecule has 0 saturated carbocycles. The van der Waals surface area contributed by atoms with E-state index in [0.717, 1.165) is 108 Å². The molecule has 12 rings (SSSR count). The highest BCUT2D eigenvalue weighted by molar-refractivity contribution is 9.10. The van der Waals surface area contributed by atoms with Crippen molar-refractivity contribution < 1.29 is 0 Å². The van der Waals surface area contributed by atoms with E-state index in [-0.39, 0.29) is 48.2 Å². The molecule has 6 aromatic heterocycles. The number of nitrogens with zero attached hydrogens (tertiary/aromatic N) is 6. The van der Waals surface area contributed by atoms with Crippen LogP contribution in [-0.2, 0) is 42.3 Å². The topological polar surface area (TPSA) is 132 Å². The molecular weight excluding hydrogens is 1370 g/mol. The standard InChI is InChI=1S/C14H15NO.C14H13NO.2C11H10BrNO.2C11H10ClNO.C3H6.C3H4.2CH4/c2*1-4-5-11-6-7-13-12(9-11)8-10(2)15(3)14(13)16;4*1-7-5-8-6-9(12)3-4-10(8)11(14)13(7)2;2*1-3-2;;/h4-9H,1-3H3;6-9H,1-3H3;4*3-6H,1-2H3;3H,1H2,2H3;1H,2H3;2*1H4/b5-4+;;;;;;;;;. The number of hydrogen-bond acceptors (Lipinski definition) is 6. The Hall–Kier alpha value is -9.28. The summed E-state index contributed by atoms with van der Waals surface area (Å²) in [5.74, 6) is 8.10. The molecule has 16 heteroatoms. The van der Waals surface area contributed by atoms with E-state index in [1.54, 1.807) is 114 Å². The van der Waals surface area contributed by atoms with E-state index >= 15 is 0 Å². The zero-order valence-electron chi connectivity index (χ0n) is 56.0. The van der Waals surface area contributed by atoms with Crippen molar-refractivity contribution in [2.24, 2.45) is 42.3 Å². The van der Waals surface area contributed by atoms with Crippen LogP contribution in [0.4, 0.5) is 0 Å². The number of rotatable bonds is 1. The van der Waals surface area contributed by atoms with Crippen molar-refractivity contribution in [3.05, 3.63) is 291 Å². The maximum atomic E-state index is 12.0. The summed E-state index contributed by atoms with van der Waals surface area (Å²) in [6.45, 7) is 22.2. The SMILES string of the molecule is C.C.C#CC.C/C=C/c1ccc2c(=O)n(C)c(C)cc2c1.C=CC.CC#Cc1ccc2c(=O)n(C)c(C)cc2c1.Cc1cc2cc(Br)ccc2c(=O)n1C.Cc1cc2cc(Br)ccc2c(=O)n1C.Cc1cc2cc(Cl)ccc2c(=O)n1C.Cc1cc2cc(Cl)ccc2c(=O)n1C. The monoisotopic (exact) mass is 1450 g/mol. The van der Waals surface area contributed by atoms with Crippen molar-refractivity contribution in [2.75, 3.05) is 0 Å². The molecule has 0 radical (unpaired) electrons. The first-order valence-corrected chi connectivity index (χ1v) is 32.1. The van der Waals surface area contributed by atoms with Gasteiger partial charge in [-0.2, -0.15) is 0 Å². The van der Waals surface area contributed by atoms with E-state index in [1.807, 2.05) is 189 Å². The lowest BCUT2D eigenvalue weighted by Crippen LogP contribution is -2.18. The molecule has 6 heterocycles. The molecule has 0 bridgehead atoms. The minimum Gasteiger partial charge on any atom is -0.315 e. The molecule has 12 nitrogen and oxygen atoms in total. The minimum atomic E-state index is 0. The molecule has 0 N–H and O–H groups in total. The second-order valence-corrected chi connectivity index (χ2v) is 24.8. The maximum absolute atomic E-state index is 12.0. The van der Waals surface area contributed by atoms with Gasteiger partial charge in [0, 0.05) is 133 Å². The Bertz CT molecular complexity index is 4950. The van der Waals surface area contributed by atoms with Crippen LogP contribution in [0, 0.1) is 65.7 Å². The van der Waals surface area contributed by atoms with Gasteiger partial charge in [0.25, 0.3) is 33.4 Å². The van der Waals surface area contributed by atoms with Gasteiger partial charge in [-0.25, -0.2) is 0 Å². The molecule has 500 valence electrons. The number of pyridine rings is 6. The van der Waals surface area contributed by atoms with Crippen LogP contribution in [0.3, 0.4) is 0 Å². The Labute approximate surface area is 590 Å². The van der Waals surface area contributed by atoms with Crippen LogP contribution >= 0.6 is 55.1 Å². The summed E-state index contributed by atoms with van der Waals surface area (Å²) in [6.07, 6.45) is 10.4. The number of benzene rings is 6. The largest absolute Gasteiger partial charge is 0.315 e. The Kier molecular flexibility index (Phi) is 31.3. The van der Waals surface area contributed by atoms with Crippen molar-refractivity contribution >= 4 is 126 Å². The fourth-order valence-corrected chi connectivity index (χ4v) is 10.8. The fraction of sp³-hybridized carbons (Fsp3) is 0.225. The van der Waals surface area contributed by atoms with E-state index in [4.69, 9.17) is 23.2 Å². The Morgan fingerprint density at radius 1 is 0.396 bits per heavy atom. The molecule has 0 aliphatic rings. The van der Waals surface area contributed by atoms with E-state index in [1.165, 1.54) is 0 Å². The van der Waals surface area contributed by atoms with Gasteiger partial charge >= 0.3 is 0 Å². The number of halogens is 4. The van der Waals surface area contributed by atoms with Crippen molar-refractivity contribution in [1.82, 2.24) is 27.4 Å². The fourth-order valence-electron chi connectivity index (χ4n) is 9.66. The normalized spacial score (nSPS) is 10.1.